The molecule has 5 rings (SSSR count). The summed E-state index contributed by atoms with van der Waals surface area (Å²) in [5.74, 6) is 2.74. The van der Waals surface area contributed by atoms with Gasteiger partial charge in [-0.2, -0.15) is 10.4 Å². The number of ether oxygens (including phenoxy) is 1. The first-order valence-electron chi connectivity index (χ1n) is 11.1. The van der Waals surface area contributed by atoms with E-state index in [9.17, 15) is 10.1 Å². The van der Waals surface area contributed by atoms with Crippen molar-refractivity contribution in [2.45, 2.75) is 33.1 Å². The maximum absolute atomic E-state index is 11.0. The minimum absolute atomic E-state index is 0.152. The molecule has 1 unspecified atom stereocenters. The first-order valence-corrected chi connectivity index (χ1v) is 11.1. The van der Waals surface area contributed by atoms with E-state index in [0.717, 1.165) is 43.6 Å². The van der Waals surface area contributed by atoms with Gasteiger partial charge < -0.3 is 14.4 Å². The van der Waals surface area contributed by atoms with Gasteiger partial charge in [-0.15, -0.1) is 0 Å². The Morgan fingerprint density at radius 3 is 2.66 bits per heavy atom. The van der Waals surface area contributed by atoms with Crippen LogP contribution < -0.4 is 9.64 Å². The van der Waals surface area contributed by atoms with Crippen molar-refractivity contribution in [1.29, 1.82) is 5.26 Å². The van der Waals surface area contributed by atoms with E-state index in [1.807, 2.05) is 19.2 Å². The summed E-state index contributed by atoms with van der Waals surface area (Å²) >= 11 is 0. The monoisotopic (exact) mass is 430 g/mol. The number of hydrogen-bond donors (Lipinski definition) is 0. The van der Waals surface area contributed by atoms with Crippen LogP contribution in [0.2, 0.25) is 0 Å². The molecule has 3 aromatic heterocycles. The fourth-order valence-corrected chi connectivity index (χ4v) is 5.55. The number of aldehydes is 1. The highest BCUT2D eigenvalue weighted by Crippen LogP contribution is 2.50. The number of carbonyl (C=O) groups is 1. The molecule has 1 saturated carbocycles. The largest absolute Gasteiger partial charge is 0.492 e. The summed E-state index contributed by atoms with van der Waals surface area (Å²) in [4.78, 5) is 22.7. The molecule has 4 heterocycles. The number of nitriles is 1. The van der Waals surface area contributed by atoms with Crippen molar-refractivity contribution < 1.29 is 9.53 Å². The summed E-state index contributed by atoms with van der Waals surface area (Å²) in [6, 6.07) is 4.09. The zero-order valence-electron chi connectivity index (χ0n) is 18.4. The Hall–Kier alpha value is -3.47. The lowest BCUT2D eigenvalue weighted by atomic mass is 9.84. The first-order chi connectivity index (χ1) is 15.5. The van der Waals surface area contributed by atoms with E-state index < -0.39 is 0 Å². The molecule has 0 spiro atoms. The summed E-state index contributed by atoms with van der Waals surface area (Å²) in [5, 5.41) is 13.8. The lowest BCUT2D eigenvalue weighted by molar-refractivity contribution is -0.109. The van der Waals surface area contributed by atoms with Crippen molar-refractivity contribution in [3.63, 3.8) is 0 Å². The van der Waals surface area contributed by atoms with Gasteiger partial charge in [-0.05, 0) is 43.1 Å². The van der Waals surface area contributed by atoms with Gasteiger partial charge in [0.15, 0.2) is 0 Å². The van der Waals surface area contributed by atoms with Gasteiger partial charge in [0.05, 0.1) is 48.2 Å². The predicted molar refractivity (Wildman–Crippen MR) is 119 cm³/mol. The minimum atomic E-state index is 0.152. The topological polar surface area (TPSA) is 96.4 Å². The lowest BCUT2D eigenvalue weighted by Crippen LogP contribution is -2.25. The van der Waals surface area contributed by atoms with Crippen LogP contribution in [-0.2, 0) is 4.79 Å². The summed E-state index contributed by atoms with van der Waals surface area (Å²) in [5.41, 5.74) is 2.78. The van der Waals surface area contributed by atoms with E-state index in [4.69, 9.17) is 14.7 Å². The zero-order chi connectivity index (χ0) is 22.3. The third kappa shape index (κ3) is 3.48. The Labute approximate surface area is 186 Å². The molecule has 1 aliphatic carbocycles. The molecule has 1 saturated heterocycles. The molecule has 2 aliphatic rings. The van der Waals surface area contributed by atoms with Gasteiger partial charge in [0.25, 0.3) is 0 Å². The number of fused-ring (bicyclic) bond motifs is 2. The number of anilines is 1. The van der Waals surface area contributed by atoms with Crippen molar-refractivity contribution in [2.24, 2.45) is 17.3 Å². The molecule has 1 aliphatic heterocycles. The number of nitrogens with zero attached hydrogens (tertiary/aromatic N) is 6. The molecular weight excluding hydrogens is 404 g/mol. The maximum atomic E-state index is 11.0. The number of rotatable bonds is 6. The maximum Gasteiger partial charge on any atom is 0.147 e. The first kappa shape index (κ1) is 20.4. The smallest absolute Gasteiger partial charge is 0.147 e. The second kappa shape index (κ2) is 7.90. The zero-order valence-corrected chi connectivity index (χ0v) is 18.4. The quantitative estimate of drug-likeness (QED) is 0.552. The van der Waals surface area contributed by atoms with Gasteiger partial charge in [0.1, 0.15) is 23.9 Å². The third-order valence-corrected chi connectivity index (χ3v) is 6.92. The van der Waals surface area contributed by atoms with Crippen molar-refractivity contribution >= 4 is 17.6 Å². The van der Waals surface area contributed by atoms with E-state index in [1.165, 1.54) is 0 Å². The molecule has 3 atom stereocenters. The second-order valence-electron chi connectivity index (χ2n) is 9.26. The summed E-state index contributed by atoms with van der Waals surface area (Å²) in [6.45, 7) is 6.61. The molecule has 164 valence electrons. The Morgan fingerprint density at radius 2 is 2.03 bits per heavy atom. The molecule has 3 aromatic rings. The Bertz CT molecular complexity index is 1180. The molecule has 0 aromatic carbocycles. The van der Waals surface area contributed by atoms with Crippen LogP contribution in [0, 0.1) is 28.6 Å². The highest BCUT2D eigenvalue weighted by molar-refractivity contribution is 5.83. The van der Waals surface area contributed by atoms with Gasteiger partial charge in [0.2, 0.25) is 0 Å². The number of aromatic nitrogens is 4. The fourth-order valence-electron chi connectivity index (χ4n) is 5.55. The van der Waals surface area contributed by atoms with Gasteiger partial charge in [0, 0.05) is 25.1 Å². The van der Waals surface area contributed by atoms with Crippen LogP contribution in [0.15, 0.2) is 30.9 Å². The SMILES string of the molecule is CCOc1cc(-c2cnc(N3C[C@@H]4CC(C)(CC=O)C[C@@H]4C3)cn2)c2c(C#N)cnn2c1. The van der Waals surface area contributed by atoms with Gasteiger partial charge >= 0.3 is 0 Å². The molecule has 0 amide bonds. The predicted octanol–water partition coefficient (Wildman–Crippen LogP) is 3.50. The molecule has 0 bridgehead atoms. The number of pyridine rings is 1. The molecule has 8 nitrogen and oxygen atoms in total. The Kier molecular flexibility index (Phi) is 5.04. The normalized spacial score (nSPS) is 24.5. The molecule has 2 fully saturated rings. The van der Waals surface area contributed by atoms with Crippen molar-refractivity contribution in [3.05, 3.63) is 36.4 Å². The van der Waals surface area contributed by atoms with Crippen LogP contribution in [0.25, 0.3) is 16.8 Å². The van der Waals surface area contributed by atoms with Gasteiger partial charge in [-0.3, -0.25) is 4.98 Å². The molecule has 0 N–H and O–H groups in total. The van der Waals surface area contributed by atoms with Crippen LogP contribution in [0.5, 0.6) is 5.75 Å². The van der Waals surface area contributed by atoms with E-state index >= 15 is 0 Å². The highest BCUT2D eigenvalue weighted by Gasteiger charge is 2.46. The number of carbonyl (C=O) groups excluding carboxylic acids is 1. The third-order valence-electron chi connectivity index (χ3n) is 6.92. The van der Waals surface area contributed by atoms with E-state index in [0.29, 0.717) is 47.4 Å². The Morgan fingerprint density at radius 1 is 1.25 bits per heavy atom. The summed E-state index contributed by atoms with van der Waals surface area (Å²) in [7, 11) is 0. The fraction of sp³-hybridized carbons (Fsp3) is 0.458. The van der Waals surface area contributed by atoms with Crippen molar-refractivity contribution in [1.82, 2.24) is 19.6 Å². The molecule has 0 radical (unpaired) electrons. The van der Waals surface area contributed by atoms with Gasteiger partial charge in [-0.1, -0.05) is 6.92 Å². The second-order valence-corrected chi connectivity index (χ2v) is 9.26. The molecule has 32 heavy (non-hydrogen) atoms. The van der Waals surface area contributed by atoms with Crippen LogP contribution in [0.3, 0.4) is 0 Å². The Balaban J connectivity index is 1.41. The van der Waals surface area contributed by atoms with Crippen LogP contribution in [0.4, 0.5) is 5.82 Å². The van der Waals surface area contributed by atoms with Crippen molar-refractivity contribution in [3.8, 4) is 23.1 Å². The number of hydrogen-bond acceptors (Lipinski definition) is 7. The van der Waals surface area contributed by atoms with E-state index in [-0.39, 0.29) is 5.41 Å². The van der Waals surface area contributed by atoms with Crippen LogP contribution in [0.1, 0.15) is 38.7 Å². The summed E-state index contributed by atoms with van der Waals surface area (Å²) < 4.78 is 7.34. The van der Waals surface area contributed by atoms with E-state index in [2.05, 4.69) is 23.0 Å². The average molecular weight is 431 g/mol. The van der Waals surface area contributed by atoms with Crippen LogP contribution >= 0.6 is 0 Å². The highest BCUT2D eigenvalue weighted by atomic mass is 16.5. The molecule has 8 heteroatoms. The van der Waals surface area contributed by atoms with Crippen molar-refractivity contribution in [2.75, 3.05) is 24.6 Å². The summed E-state index contributed by atoms with van der Waals surface area (Å²) in [6.07, 6.45) is 10.8. The van der Waals surface area contributed by atoms with E-state index in [1.54, 1.807) is 23.1 Å². The molecular formula is C24H26N6O2. The van der Waals surface area contributed by atoms with Crippen LogP contribution in [-0.4, -0.2) is 45.6 Å². The standard InChI is InChI=1S/C24H26N6O2/c1-3-32-19-6-20(23-18(9-25)10-28-30(23)15-19)21-11-27-22(12-26-21)29-13-16-7-24(2,4-5-31)8-17(16)14-29/h5-6,10-12,15-17H,3-4,7-8,13-14H2,1-2H3/t16-,17+,24?. The minimum Gasteiger partial charge on any atom is -0.492 e. The van der Waals surface area contributed by atoms with Gasteiger partial charge in [-0.25, -0.2) is 9.50 Å². The average Bonchev–Trinajstić information content (AvgIpc) is 3.45. The lowest BCUT2D eigenvalue weighted by Gasteiger charge is -2.25.